The number of carboxylic acids is 1. The quantitative estimate of drug-likeness (QED) is 0.824. The van der Waals surface area contributed by atoms with E-state index in [9.17, 15) is 4.79 Å². The molecule has 4 nitrogen and oxygen atoms in total. The Balaban J connectivity index is 2.37. The second-order valence-corrected chi connectivity index (χ2v) is 5.12. The molecule has 0 spiro atoms. The van der Waals surface area contributed by atoms with Gasteiger partial charge >= 0.3 is 5.97 Å². The van der Waals surface area contributed by atoms with Crippen molar-refractivity contribution in [2.75, 3.05) is 5.32 Å². The van der Waals surface area contributed by atoms with Crippen LogP contribution in [-0.4, -0.2) is 16.1 Å². The molecule has 1 aromatic heterocycles. The third-order valence-electron chi connectivity index (χ3n) is 2.89. The lowest BCUT2D eigenvalue weighted by Crippen LogP contribution is -2.02. The van der Waals surface area contributed by atoms with Crippen LogP contribution in [0.15, 0.2) is 36.4 Å². The number of hydrogen-bond acceptors (Lipinski definition) is 3. The van der Waals surface area contributed by atoms with Crippen molar-refractivity contribution in [3.63, 3.8) is 0 Å². The van der Waals surface area contributed by atoms with Crippen LogP contribution in [0.2, 0.25) is 5.15 Å². The first-order valence-electron chi connectivity index (χ1n) is 6.24. The maximum Gasteiger partial charge on any atom is 0.335 e. The molecule has 0 aliphatic heterocycles. The first-order chi connectivity index (χ1) is 9.47. The van der Waals surface area contributed by atoms with E-state index in [0.29, 0.717) is 11.7 Å². The van der Waals surface area contributed by atoms with Gasteiger partial charge in [-0.25, -0.2) is 9.78 Å². The Morgan fingerprint density at radius 1 is 1.30 bits per heavy atom. The minimum atomic E-state index is -1.03. The second-order valence-electron chi connectivity index (χ2n) is 4.74. The Hall–Kier alpha value is -2.07. The van der Waals surface area contributed by atoms with Crippen LogP contribution < -0.4 is 5.32 Å². The van der Waals surface area contributed by atoms with Crippen LogP contribution in [-0.2, 0) is 0 Å². The molecule has 2 aromatic rings. The first kappa shape index (κ1) is 14.3. The van der Waals surface area contributed by atoms with Crippen LogP contribution in [0.5, 0.6) is 0 Å². The van der Waals surface area contributed by atoms with Gasteiger partial charge in [0.25, 0.3) is 0 Å². The van der Waals surface area contributed by atoms with Gasteiger partial charge in [0.1, 0.15) is 11.0 Å². The van der Waals surface area contributed by atoms with Crippen molar-refractivity contribution < 1.29 is 9.90 Å². The lowest BCUT2D eigenvalue weighted by molar-refractivity contribution is 0.0697. The number of hydrogen-bond donors (Lipinski definition) is 2. The van der Waals surface area contributed by atoms with Crippen molar-refractivity contribution in [1.29, 1.82) is 0 Å². The van der Waals surface area contributed by atoms with Gasteiger partial charge in [0.05, 0.1) is 5.56 Å². The summed E-state index contributed by atoms with van der Waals surface area (Å²) in [5, 5.41) is 12.3. The molecule has 20 heavy (non-hydrogen) atoms. The molecule has 0 saturated heterocycles. The highest BCUT2D eigenvalue weighted by molar-refractivity contribution is 6.29. The summed E-state index contributed by atoms with van der Waals surface area (Å²) in [7, 11) is 0. The molecule has 1 heterocycles. The SMILES string of the molecule is CC(C)c1ccccc1Nc1cc(C(=O)O)cc(Cl)n1. The predicted molar refractivity (Wildman–Crippen MR) is 80.0 cm³/mol. The zero-order valence-electron chi connectivity index (χ0n) is 11.2. The van der Waals surface area contributed by atoms with E-state index in [1.807, 2.05) is 24.3 Å². The van der Waals surface area contributed by atoms with E-state index in [1.165, 1.54) is 12.1 Å². The van der Waals surface area contributed by atoms with Crippen LogP contribution in [0.25, 0.3) is 0 Å². The molecule has 5 heteroatoms. The van der Waals surface area contributed by atoms with E-state index < -0.39 is 5.97 Å². The number of aromatic carboxylic acids is 1. The van der Waals surface area contributed by atoms with E-state index in [2.05, 4.69) is 24.1 Å². The van der Waals surface area contributed by atoms with E-state index in [-0.39, 0.29) is 10.7 Å². The van der Waals surface area contributed by atoms with Crippen LogP contribution in [0, 0.1) is 0 Å². The lowest BCUT2D eigenvalue weighted by atomic mass is 10.0. The number of carbonyl (C=O) groups is 1. The summed E-state index contributed by atoms with van der Waals surface area (Å²) in [5.41, 5.74) is 2.13. The highest BCUT2D eigenvalue weighted by Crippen LogP contribution is 2.27. The van der Waals surface area contributed by atoms with Crippen molar-refractivity contribution in [1.82, 2.24) is 4.98 Å². The normalized spacial score (nSPS) is 10.6. The second kappa shape index (κ2) is 5.92. The monoisotopic (exact) mass is 290 g/mol. The molecule has 104 valence electrons. The number of aromatic nitrogens is 1. The predicted octanol–water partition coefficient (Wildman–Crippen LogP) is 4.30. The smallest absolute Gasteiger partial charge is 0.335 e. The molecular weight excluding hydrogens is 276 g/mol. The molecule has 0 unspecified atom stereocenters. The van der Waals surface area contributed by atoms with Crippen molar-refractivity contribution in [3.8, 4) is 0 Å². The Morgan fingerprint density at radius 2 is 2.00 bits per heavy atom. The molecule has 0 amide bonds. The fourth-order valence-electron chi connectivity index (χ4n) is 1.94. The maximum absolute atomic E-state index is 11.0. The Kier molecular flexibility index (Phi) is 4.25. The van der Waals surface area contributed by atoms with Crippen LogP contribution >= 0.6 is 11.6 Å². The van der Waals surface area contributed by atoms with Gasteiger partial charge in [-0.3, -0.25) is 0 Å². The first-order valence-corrected chi connectivity index (χ1v) is 6.62. The van der Waals surface area contributed by atoms with Crippen molar-refractivity contribution in [3.05, 3.63) is 52.7 Å². The molecule has 1 aromatic carbocycles. The third kappa shape index (κ3) is 3.27. The van der Waals surface area contributed by atoms with E-state index >= 15 is 0 Å². The fraction of sp³-hybridized carbons (Fsp3) is 0.200. The Morgan fingerprint density at radius 3 is 2.65 bits per heavy atom. The van der Waals surface area contributed by atoms with Crippen LogP contribution in [0.1, 0.15) is 35.7 Å². The lowest BCUT2D eigenvalue weighted by Gasteiger charge is -2.14. The fourth-order valence-corrected chi connectivity index (χ4v) is 2.15. The van der Waals surface area contributed by atoms with E-state index in [4.69, 9.17) is 16.7 Å². The summed E-state index contributed by atoms with van der Waals surface area (Å²) in [6.45, 7) is 4.18. The van der Waals surface area contributed by atoms with Gasteiger partial charge in [0.2, 0.25) is 0 Å². The molecular formula is C15H15ClN2O2. The van der Waals surface area contributed by atoms with Crippen LogP contribution in [0.4, 0.5) is 11.5 Å². The average Bonchev–Trinajstić information content (AvgIpc) is 2.38. The molecule has 0 aliphatic carbocycles. The molecule has 0 aliphatic rings. The number of halogens is 1. The number of pyridine rings is 1. The van der Waals surface area contributed by atoms with Crippen LogP contribution in [0.3, 0.4) is 0 Å². The van der Waals surface area contributed by atoms with E-state index in [1.54, 1.807) is 0 Å². The number of benzene rings is 1. The minimum absolute atomic E-state index is 0.106. The van der Waals surface area contributed by atoms with Gasteiger partial charge in [-0.15, -0.1) is 0 Å². The number of nitrogens with one attached hydrogen (secondary N) is 1. The number of rotatable bonds is 4. The summed E-state index contributed by atoms with van der Waals surface area (Å²) in [6, 6.07) is 10.6. The zero-order valence-corrected chi connectivity index (χ0v) is 12.0. The maximum atomic E-state index is 11.0. The summed E-state index contributed by atoms with van der Waals surface area (Å²) < 4.78 is 0. The van der Waals surface area contributed by atoms with Gasteiger partial charge in [0.15, 0.2) is 0 Å². The molecule has 0 saturated carbocycles. The molecule has 2 N–H and O–H groups in total. The summed E-state index contributed by atoms with van der Waals surface area (Å²) in [6.07, 6.45) is 0. The van der Waals surface area contributed by atoms with Gasteiger partial charge in [-0.1, -0.05) is 43.6 Å². The number of para-hydroxylation sites is 1. The summed E-state index contributed by atoms with van der Waals surface area (Å²) in [4.78, 5) is 15.1. The Bertz CT molecular complexity index is 642. The topological polar surface area (TPSA) is 62.2 Å². The number of carboxylic acid groups (broad SMARTS) is 1. The zero-order chi connectivity index (χ0) is 14.7. The highest BCUT2D eigenvalue weighted by Gasteiger charge is 2.10. The van der Waals surface area contributed by atoms with Gasteiger partial charge in [0, 0.05) is 5.69 Å². The minimum Gasteiger partial charge on any atom is -0.478 e. The molecule has 0 fully saturated rings. The highest BCUT2D eigenvalue weighted by atomic mass is 35.5. The third-order valence-corrected chi connectivity index (χ3v) is 3.08. The molecule has 0 bridgehead atoms. The summed E-state index contributed by atoms with van der Waals surface area (Å²) >= 11 is 5.85. The molecule has 0 atom stereocenters. The van der Waals surface area contributed by atoms with Crippen molar-refractivity contribution >= 4 is 29.1 Å². The number of nitrogens with zero attached hydrogens (tertiary/aromatic N) is 1. The Labute approximate surface area is 122 Å². The van der Waals surface area contributed by atoms with E-state index in [0.717, 1.165) is 11.3 Å². The van der Waals surface area contributed by atoms with Gasteiger partial charge < -0.3 is 10.4 Å². The standard InChI is InChI=1S/C15H15ClN2O2/c1-9(2)11-5-3-4-6-12(11)17-14-8-10(15(19)20)7-13(16)18-14/h3-9H,1-2H3,(H,17,18)(H,19,20). The van der Waals surface area contributed by atoms with Crippen molar-refractivity contribution in [2.45, 2.75) is 19.8 Å². The van der Waals surface area contributed by atoms with Gasteiger partial charge in [-0.2, -0.15) is 0 Å². The molecule has 0 radical (unpaired) electrons. The average molecular weight is 291 g/mol. The molecule has 2 rings (SSSR count). The summed E-state index contributed by atoms with van der Waals surface area (Å²) in [5.74, 6) is -0.269. The van der Waals surface area contributed by atoms with Crippen molar-refractivity contribution in [2.24, 2.45) is 0 Å². The number of anilines is 2. The largest absolute Gasteiger partial charge is 0.478 e. The van der Waals surface area contributed by atoms with Gasteiger partial charge in [-0.05, 0) is 29.7 Å².